The molecule has 0 aromatic heterocycles. The molecule has 3 amide bonds. The van der Waals surface area contributed by atoms with Gasteiger partial charge < -0.3 is 9.64 Å². The van der Waals surface area contributed by atoms with E-state index in [-0.39, 0.29) is 24.3 Å². The van der Waals surface area contributed by atoms with Crippen LogP contribution in [0.25, 0.3) is 0 Å². The van der Waals surface area contributed by atoms with E-state index in [0.29, 0.717) is 11.3 Å². The van der Waals surface area contributed by atoms with E-state index in [1.54, 1.807) is 13.1 Å². The number of carbonyl (C=O) groups excluding carboxylic acids is 4. The molecule has 2 aliphatic heterocycles. The average molecular weight is 302 g/mol. The van der Waals surface area contributed by atoms with Crippen LogP contribution in [0.2, 0.25) is 0 Å². The highest BCUT2D eigenvalue weighted by molar-refractivity contribution is 6.14. The van der Waals surface area contributed by atoms with Crippen molar-refractivity contribution < 1.29 is 23.9 Å². The van der Waals surface area contributed by atoms with Crippen LogP contribution in [0.3, 0.4) is 0 Å². The number of nitrogens with zero attached hydrogens (tertiary/aromatic N) is 1. The van der Waals surface area contributed by atoms with Gasteiger partial charge in [-0.05, 0) is 23.8 Å². The summed E-state index contributed by atoms with van der Waals surface area (Å²) >= 11 is 0. The molecule has 2 aliphatic rings. The summed E-state index contributed by atoms with van der Waals surface area (Å²) in [5.74, 6) is -1.70. The molecule has 0 aliphatic carbocycles. The summed E-state index contributed by atoms with van der Waals surface area (Å²) in [7, 11) is 2.86. The number of benzene rings is 1. The molecule has 1 saturated heterocycles. The summed E-state index contributed by atoms with van der Waals surface area (Å²) in [5, 5.41) is 2.25. The number of methoxy groups -OCH3 is 1. The van der Waals surface area contributed by atoms with Crippen LogP contribution in [0, 0.1) is 0 Å². The molecular weight excluding hydrogens is 288 g/mol. The lowest BCUT2D eigenvalue weighted by atomic mass is 9.72. The Hall–Kier alpha value is -2.70. The van der Waals surface area contributed by atoms with Crippen LogP contribution in [-0.2, 0) is 24.5 Å². The molecule has 0 unspecified atom stereocenters. The minimum Gasteiger partial charge on any atom is -0.465 e. The van der Waals surface area contributed by atoms with E-state index >= 15 is 0 Å². The van der Waals surface area contributed by atoms with Gasteiger partial charge in [-0.25, -0.2) is 4.79 Å². The molecule has 2 heterocycles. The molecule has 1 atom stereocenters. The molecule has 22 heavy (non-hydrogen) atoms. The number of imide groups is 1. The molecule has 7 heteroatoms. The fourth-order valence-electron chi connectivity index (χ4n) is 3.07. The summed E-state index contributed by atoms with van der Waals surface area (Å²) < 4.78 is 4.69. The predicted octanol–water partition coefficient (Wildman–Crippen LogP) is 0.124. The number of nitrogens with one attached hydrogen (secondary N) is 1. The maximum atomic E-state index is 12.3. The van der Waals surface area contributed by atoms with Crippen molar-refractivity contribution in [3.63, 3.8) is 0 Å². The van der Waals surface area contributed by atoms with Crippen molar-refractivity contribution >= 4 is 29.4 Å². The maximum Gasteiger partial charge on any atom is 0.337 e. The fraction of sp³-hybridized carbons (Fsp3) is 0.333. The van der Waals surface area contributed by atoms with E-state index < -0.39 is 23.2 Å². The van der Waals surface area contributed by atoms with Crippen LogP contribution in [0.1, 0.15) is 28.8 Å². The van der Waals surface area contributed by atoms with Gasteiger partial charge in [-0.2, -0.15) is 0 Å². The Bertz CT molecular complexity index is 727. The van der Waals surface area contributed by atoms with Gasteiger partial charge in [0, 0.05) is 25.6 Å². The Balaban J connectivity index is 2.23. The second kappa shape index (κ2) is 4.66. The van der Waals surface area contributed by atoms with Gasteiger partial charge in [0.15, 0.2) is 0 Å². The molecular formula is C15H14N2O5. The Kier molecular flexibility index (Phi) is 3.01. The zero-order valence-corrected chi connectivity index (χ0v) is 12.1. The first-order valence-corrected chi connectivity index (χ1v) is 6.73. The molecule has 3 rings (SSSR count). The van der Waals surface area contributed by atoms with E-state index in [1.165, 1.54) is 24.1 Å². The van der Waals surface area contributed by atoms with Gasteiger partial charge in [0.25, 0.3) is 0 Å². The molecule has 0 bridgehead atoms. The third-order valence-corrected chi connectivity index (χ3v) is 4.27. The quantitative estimate of drug-likeness (QED) is 0.588. The van der Waals surface area contributed by atoms with Gasteiger partial charge in [0.2, 0.25) is 17.7 Å². The maximum absolute atomic E-state index is 12.3. The number of rotatable bonds is 1. The summed E-state index contributed by atoms with van der Waals surface area (Å²) in [6.45, 7) is 0. The zero-order valence-electron chi connectivity index (χ0n) is 12.1. The lowest BCUT2D eigenvalue weighted by Crippen LogP contribution is -2.46. The number of hydrogen-bond acceptors (Lipinski definition) is 5. The van der Waals surface area contributed by atoms with Crippen LogP contribution in [-0.4, -0.2) is 37.8 Å². The number of carbonyl (C=O) groups is 4. The number of anilines is 1. The van der Waals surface area contributed by atoms with E-state index in [1.807, 2.05) is 0 Å². The molecule has 114 valence electrons. The van der Waals surface area contributed by atoms with Crippen LogP contribution in [0.15, 0.2) is 18.2 Å². The van der Waals surface area contributed by atoms with Crippen molar-refractivity contribution in [3.05, 3.63) is 29.3 Å². The SMILES string of the molecule is COC(=O)c1ccc2c(c1)[C@]1(CC(=O)NC1=O)CC(=O)N2C. The normalized spacial score (nSPS) is 23.5. The minimum atomic E-state index is -1.24. The largest absolute Gasteiger partial charge is 0.465 e. The number of esters is 1. The summed E-state index contributed by atoms with van der Waals surface area (Å²) in [6.07, 6.45) is -0.193. The molecule has 0 saturated carbocycles. The van der Waals surface area contributed by atoms with Crippen molar-refractivity contribution in [1.29, 1.82) is 0 Å². The third-order valence-electron chi connectivity index (χ3n) is 4.27. The predicted molar refractivity (Wildman–Crippen MR) is 75.3 cm³/mol. The number of fused-ring (bicyclic) bond motifs is 2. The molecule has 1 aromatic carbocycles. The Morgan fingerprint density at radius 1 is 1.27 bits per heavy atom. The van der Waals surface area contributed by atoms with Crippen molar-refractivity contribution in [3.8, 4) is 0 Å². The van der Waals surface area contributed by atoms with Crippen LogP contribution >= 0.6 is 0 Å². The molecule has 7 nitrogen and oxygen atoms in total. The highest BCUT2D eigenvalue weighted by Crippen LogP contribution is 2.45. The molecule has 1 fully saturated rings. The number of ether oxygens (including phenoxy) is 1. The molecule has 1 spiro atoms. The first-order chi connectivity index (χ1) is 10.4. The van der Waals surface area contributed by atoms with Gasteiger partial charge in [-0.3, -0.25) is 19.7 Å². The topological polar surface area (TPSA) is 92.8 Å². The first kappa shape index (κ1) is 14.2. The minimum absolute atomic E-state index is 0.0942. The van der Waals surface area contributed by atoms with E-state index in [2.05, 4.69) is 10.1 Å². The van der Waals surface area contributed by atoms with E-state index in [0.717, 1.165) is 0 Å². The van der Waals surface area contributed by atoms with Crippen molar-refractivity contribution in [2.75, 3.05) is 19.1 Å². The highest BCUT2D eigenvalue weighted by Gasteiger charge is 2.53. The second-order valence-electron chi connectivity index (χ2n) is 5.49. The lowest BCUT2D eigenvalue weighted by molar-refractivity contribution is -0.130. The van der Waals surface area contributed by atoms with Crippen molar-refractivity contribution in [2.24, 2.45) is 0 Å². The summed E-state index contributed by atoms with van der Waals surface area (Å²) in [5.41, 5.74) is 0.0603. The van der Waals surface area contributed by atoms with Gasteiger partial charge in [0.05, 0.1) is 18.1 Å². The Morgan fingerprint density at radius 3 is 2.59 bits per heavy atom. The average Bonchev–Trinajstić information content (AvgIpc) is 2.78. The zero-order chi connectivity index (χ0) is 16.1. The van der Waals surface area contributed by atoms with Gasteiger partial charge in [0.1, 0.15) is 0 Å². The monoisotopic (exact) mass is 302 g/mol. The summed E-state index contributed by atoms with van der Waals surface area (Å²) in [6, 6.07) is 4.65. The molecule has 1 aromatic rings. The second-order valence-corrected chi connectivity index (χ2v) is 5.49. The smallest absolute Gasteiger partial charge is 0.337 e. The van der Waals surface area contributed by atoms with Gasteiger partial charge in [-0.15, -0.1) is 0 Å². The first-order valence-electron chi connectivity index (χ1n) is 6.73. The molecule has 1 N–H and O–H groups in total. The van der Waals surface area contributed by atoms with E-state index in [9.17, 15) is 19.2 Å². The van der Waals surface area contributed by atoms with Crippen molar-refractivity contribution in [1.82, 2.24) is 5.32 Å². The Morgan fingerprint density at radius 2 is 2.00 bits per heavy atom. The highest BCUT2D eigenvalue weighted by atomic mass is 16.5. The van der Waals surface area contributed by atoms with Gasteiger partial charge in [-0.1, -0.05) is 0 Å². The number of amides is 3. The fourth-order valence-corrected chi connectivity index (χ4v) is 3.07. The Labute approximate surface area is 126 Å². The molecule has 0 radical (unpaired) electrons. The number of hydrogen-bond donors (Lipinski definition) is 1. The van der Waals surface area contributed by atoms with Crippen molar-refractivity contribution in [2.45, 2.75) is 18.3 Å². The van der Waals surface area contributed by atoms with Crippen LogP contribution in [0.4, 0.5) is 5.69 Å². The van der Waals surface area contributed by atoms with Gasteiger partial charge >= 0.3 is 5.97 Å². The lowest BCUT2D eigenvalue weighted by Gasteiger charge is -2.36. The van der Waals surface area contributed by atoms with E-state index in [4.69, 9.17) is 0 Å². The van der Waals surface area contributed by atoms with Crippen LogP contribution < -0.4 is 10.2 Å². The standard InChI is InChI=1S/C15H14N2O5/c1-17-10-4-3-8(13(20)22-2)5-9(10)15(7-12(17)19)6-11(18)16-14(15)21/h3-5H,6-7H2,1-2H3,(H,16,18,21)/t15-/m0/s1. The summed E-state index contributed by atoms with van der Waals surface area (Å²) in [4.78, 5) is 49.3. The third kappa shape index (κ3) is 1.82. The van der Waals surface area contributed by atoms with Crippen LogP contribution in [0.5, 0.6) is 0 Å².